The Kier molecular flexibility index (Phi) is 4.87. The van der Waals surface area contributed by atoms with Crippen molar-refractivity contribution in [3.8, 4) is 0 Å². The lowest BCUT2D eigenvalue weighted by Gasteiger charge is -2.25. The second-order valence-electron chi connectivity index (χ2n) is 4.92. The van der Waals surface area contributed by atoms with Crippen molar-refractivity contribution in [2.45, 2.75) is 19.4 Å². The van der Waals surface area contributed by atoms with Gasteiger partial charge in [0.1, 0.15) is 0 Å². The van der Waals surface area contributed by atoms with Crippen molar-refractivity contribution in [3.05, 3.63) is 34.4 Å². The van der Waals surface area contributed by atoms with Gasteiger partial charge in [-0.2, -0.15) is 0 Å². The molecule has 1 saturated heterocycles. The Balaban J connectivity index is 2.18. The van der Waals surface area contributed by atoms with Crippen LogP contribution in [0.2, 0.25) is 0 Å². The number of carbonyl (C=O) groups excluding carboxylic acids is 1. The van der Waals surface area contributed by atoms with Crippen LogP contribution in [0.3, 0.4) is 0 Å². The van der Waals surface area contributed by atoms with Gasteiger partial charge in [-0.15, -0.1) is 0 Å². The summed E-state index contributed by atoms with van der Waals surface area (Å²) in [5, 5.41) is 19.9. The molecule has 0 saturated carbocycles. The van der Waals surface area contributed by atoms with E-state index in [0.717, 1.165) is 0 Å². The number of aliphatic hydroxyl groups is 1. The number of amides is 1. The molecule has 1 aromatic rings. The van der Waals surface area contributed by atoms with E-state index in [0.29, 0.717) is 31.7 Å². The van der Waals surface area contributed by atoms with Crippen LogP contribution in [0.15, 0.2) is 24.3 Å². The maximum atomic E-state index is 12.5. The van der Waals surface area contributed by atoms with Crippen LogP contribution in [0.4, 0.5) is 11.4 Å². The molecule has 1 aromatic carbocycles. The summed E-state index contributed by atoms with van der Waals surface area (Å²) < 4.78 is 0. The van der Waals surface area contributed by atoms with Crippen molar-refractivity contribution in [1.82, 2.24) is 4.90 Å². The Morgan fingerprint density at radius 1 is 1.52 bits per heavy atom. The Labute approximate surface area is 122 Å². The average Bonchev–Trinajstić information content (AvgIpc) is 2.86. The number of hydrogen-bond donors (Lipinski definition) is 1. The number of nitro groups is 1. The van der Waals surface area contributed by atoms with E-state index in [1.807, 2.05) is 11.8 Å². The molecule has 7 nitrogen and oxygen atoms in total. The topological polar surface area (TPSA) is 86.9 Å². The standard InChI is InChI=1S/C14H19N3O4/c1-2-15(8-9-18)13-6-7-16(14(13)19)11-4-3-5-12(10-11)17(20)21/h3-5,10,13,18H,2,6-9H2,1H3. The van der Waals surface area contributed by atoms with Gasteiger partial charge in [0.15, 0.2) is 0 Å². The van der Waals surface area contributed by atoms with E-state index in [4.69, 9.17) is 5.11 Å². The summed E-state index contributed by atoms with van der Waals surface area (Å²) in [5.41, 5.74) is 0.531. The fraction of sp³-hybridized carbons (Fsp3) is 0.500. The summed E-state index contributed by atoms with van der Waals surface area (Å²) in [5.74, 6) is -0.0641. The number of likely N-dealkylation sites (N-methyl/N-ethyl adjacent to an activating group) is 1. The van der Waals surface area contributed by atoms with Crippen LogP contribution in [0.1, 0.15) is 13.3 Å². The number of benzene rings is 1. The highest BCUT2D eigenvalue weighted by Crippen LogP contribution is 2.27. The third kappa shape index (κ3) is 3.20. The van der Waals surface area contributed by atoms with Crippen molar-refractivity contribution >= 4 is 17.3 Å². The highest BCUT2D eigenvalue weighted by Gasteiger charge is 2.36. The maximum absolute atomic E-state index is 12.5. The van der Waals surface area contributed by atoms with Crippen molar-refractivity contribution in [3.63, 3.8) is 0 Å². The van der Waals surface area contributed by atoms with Crippen LogP contribution in [0, 0.1) is 10.1 Å². The number of anilines is 1. The summed E-state index contributed by atoms with van der Waals surface area (Å²) in [7, 11) is 0. The number of hydrogen-bond acceptors (Lipinski definition) is 5. The molecular weight excluding hydrogens is 274 g/mol. The zero-order chi connectivity index (χ0) is 15.4. The lowest BCUT2D eigenvalue weighted by Crippen LogP contribution is -2.43. The zero-order valence-electron chi connectivity index (χ0n) is 11.9. The number of rotatable bonds is 6. The Morgan fingerprint density at radius 2 is 2.29 bits per heavy atom. The average molecular weight is 293 g/mol. The number of carbonyl (C=O) groups is 1. The molecule has 21 heavy (non-hydrogen) atoms. The first kappa shape index (κ1) is 15.4. The van der Waals surface area contributed by atoms with Gasteiger partial charge >= 0.3 is 0 Å². The molecule has 1 heterocycles. The maximum Gasteiger partial charge on any atom is 0.271 e. The van der Waals surface area contributed by atoms with Gasteiger partial charge in [-0.1, -0.05) is 13.0 Å². The third-order valence-corrected chi connectivity index (χ3v) is 3.76. The van der Waals surface area contributed by atoms with E-state index in [2.05, 4.69) is 0 Å². The van der Waals surface area contributed by atoms with Gasteiger partial charge in [0.2, 0.25) is 5.91 Å². The predicted molar refractivity (Wildman–Crippen MR) is 78.2 cm³/mol. The molecule has 1 fully saturated rings. The Hall–Kier alpha value is -1.99. The fourth-order valence-corrected chi connectivity index (χ4v) is 2.70. The van der Waals surface area contributed by atoms with Gasteiger partial charge in [0.25, 0.3) is 5.69 Å². The summed E-state index contributed by atoms with van der Waals surface area (Å²) in [6.45, 7) is 3.62. The largest absolute Gasteiger partial charge is 0.395 e. The molecule has 1 aliphatic rings. The van der Waals surface area contributed by atoms with Crippen LogP contribution in [0.25, 0.3) is 0 Å². The molecule has 1 N–H and O–H groups in total. The minimum Gasteiger partial charge on any atom is -0.395 e. The molecule has 0 bridgehead atoms. The number of aliphatic hydroxyl groups excluding tert-OH is 1. The second-order valence-corrected chi connectivity index (χ2v) is 4.92. The molecular formula is C14H19N3O4. The highest BCUT2D eigenvalue weighted by molar-refractivity contribution is 5.99. The summed E-state index contributed by atoms with van der Waals surface area (Å²) >= 11 is 0. The summed E-state index contributed by atoms with van der Waals surface area (Å²) in [6, 6.07) is 5.85. The molecule has 0 aromatic heterocycles. The van der Waals surface area contributed by atoms with Crippen LogP contribution in [-0.2, 0) is 4.79 Å². The first-order valence-electron chi connectivity index (χ1n) is 6.99. The molecule has 0 aliphatic carbocycles. The molecule has 1 aliphatic heterocycles. The van der Waals surface area contributed by atoms with Gasteiger partial charge in [0, 0.05) is 25.2 Å². The SMILES string of the molecule is CCN(CCO)C1CCN(c2cccc([N+](=O)[O-])c2)C1=O. The molecule has 0 spiro atoms. The number of nitro benzene ring substituents is 1. The van der Waals surface area contributed by atoms with E-state index < -0.39 is 4.92 Å². The van der Waals surface area contributed by atoms with Crippen LogP contribution >= 0.6 is 0 Å². The minimum atomic E-state index is -0.467. The second kappa shape index (κ2) is 6.64. The van der Waals surface area contributed by atoms with E-state index in [9.17, 15) is 14.9 Å². The van der Waals surface area contributed by atoms with Crippen molar-refractivity contribution in [1.29, 1.82) is 0 Å². The van der Waals surface area contributed by atoms with Crippen LogP contribution in [-0.4, -0.2) is 53.1 Å². The summed E-state index contributed by atoms with van der Waals surface area (Å²) in [6.07, 6.45) is 0.662. The third-order valence-electron chi connectivity index (χ3n) is 3.76. The molecule has 1 atom stereocenters. The smallest absolute Gasteiger partial charge is 0.271 e. The number of non-ortho nitro benzene ring substituents is 1. The Morgan fingerprint density at radius 3 is 2.90 bits per heavy atom. The van der Waals surface area contributed by atoms with Crippen molar-refractivity contribution in [2.24, 2.45) is 0 Å². The lowest BCUT2D eigenvalue weighted by atomic mass is 10.2. The Bertz CT molecular complexity index is 535. The molecule has 1 unspecified atom stereocenters. The zero-order valence-corrected chi connectivity index (χ0v) is 11.9. The van der Waals surface area contributed by atoms with E-state index in [1.54, 1.807) is 17.0 Å². The van der Waals surface area contributed by atoms with Gasteiger partial charge in [0.05, 0.1) is 23.3 Å². The number of nitrogens with zero attached hydrogens (tertiary/aromatic N) is 3. The first-order valence-corrected chi connectivity index (χ1v) is 6.99. The van der Waals surface area contributed by atoms with Crippen molar-refractivity contribution < 1.29 is 14.8 Å². The highest BCUT2D eigenvalue weighted by atomic mass is 16.6. The monoisotopic (exact) mass is 293 g/mol. The van der Waals surface area contributed by atoms with Gasteiger partial charge < -0.3 is 10.0 Å². The molecule has 114 valence electrons. The summed E-state index contributed by atoms with van der Waals surface area (Å²) in [4.78, 5) is 26.4. The van der Waals surface area contributed by atoms with Gasteiger partial charge in [-0.05, 0) is 19.0 Å². The fourth-order valence-electron chi connectivity index (χ4n) is 2.70. The van der Waals surface area contributed by atoms with Crippen molar-refractivity contribution in [2.75, 3.05) is 31.1 Å². The first-order chi connectivity index (χ1) is 10.1. The van der Waals surface area contributed by atoms with E-state index in [-0.39, 0.29) is 24.2 Å². The van der Waals surface area contributed by atoms with E-state index in [1.165, 1.54) is 12.1 Å². The van der Waals surface area contributed by atoms with Gasteiger partial charge in [-0.25, -0.2) is 0 Å². The molecule has 1 amide bonds. The molecule has 7 heteroatoms. The lowest BCUT2D eigenvalue weighted by molar-refractivity contribution is -0.384. The predicted octanol–water partition coefficient (Wildman–Crippen LogP) is 1.01. The minimum absolute atomic E-state index is 0.00836. The normalized spacial score (nSPS) is 18.5. The molecule has 0 radical (unpaired) electrons. The quantitative estimate of drug-likeness (QED) is 0.625. The van der Waals surface area contributed by atoms with Crippen LogP contribution < -0.4 is 4.90 Å². The van der Waals surface area contributed by atoms with E-state index >= 15 is 0 Å². The van der Waals surface area contributed by atoms with Gasteiger partial charge in [-0.3, -0.25) is 19.8 Å². The molecule has 2 rings (SSSR count). The van der Waals surface area contributed by atoms with Crippen LogP contribution in [0.5, 0.6) is 0 Å².